The Morgan fingerprint density at radius 2 is 1.81 bits per heavy atom. The number of nitrogens with one attached hydrogen (secondary N) is 3. The van der Waals surface area contributed by atoms with Crippen molar-refractivity contribution in [3.8, 4) is 0 Å². The van der Waals surface area contributed by atoms with E-state index in [-0.39, 0.29) is 11.6 Å². The molecule has 0 spiro atoms. The lowest BCUT2D eigenvalue weighted by Gasteiger charge is -2.08. The summed E-state index contributed by atoms with van der Waals surface area (Å²) in [6.07, 6.45) is 3.46. The number of benzene rings is 1. The maximum atomic E-state index is 11.6. The fraction of sp³-hybridized carbons (Fsp3) is 0.467. The molecule has 0 unspecified atom stereocenters. The first-order chi connectivity index (χ1) is 10.1. The number of carboxylic acids is 1. The number of hydrogen-bond acceptors (Lipinski definition) is 3. The van der Waals surface area contributed by atoms with Crippen LogP contribution in [0.1, 0.15) is 35.2 Å². The van der Waals surface area contributed by atoms with E-state index in [2.05, 4.69) is 16.0 Å². The molecule has 114 valence electrons. The van der Waals surface area contributed by atoms with Crippen LogP contribution < -0.4 is 16.0 Å². The molecule has 6 heteroatoms. The van der Waals surface area contributed by atoms with Crippen LogP contribution in [-0.4, -0.2) is 36.2 Å². The van der Waals surface area contributed by atoms with Crippen LogP contribution in [0.15, 0.2) is 24.3 Å². The van der Waals surface area contributed by atoms with Gasteiger partial charge in [-0.1, -0.05) is 12.1 Å². The van der Waals surface area contributed by atoms with E-state index in [1.54, 1.807) is 12.1 Å². The number of carbonyl (C=O) groups is 2. The van der Waals surface area contributed by atoms with Gasteiger partial charge in [-0.3, -0.25) is 0 Å². The zero-order valence-electron chi connectivity index (χ0n) is 11.9. The molecule has 1 aromatic rings. The number of rotatable bonds is 8. The molecule has 1 fully saturated rings. The minimum Gasteiger partial charge on any atom is -0.478 e. The van der Waals surface area contributed by atoms with Gasteiger partial charge in [0, 0.05) is 19.1 Å². The Bertz CT molecular complexity index is 483. The van der Waals surface area contributed by atoms with Gasteiger partial charge in [-0.25, -0.2) is 9.59 Å². The summed E-state index contributed by atoms with van der Waals surface area (Å²) in [5.41, 5.74) is 1.11. The Balaban J connectivity index is 1.57. The molecule has 2 amide bonds. The normalized spacial score (nSPS) is 13.7. The van der Waals surface area contributed by atoms with Crippen LogP contribution in [0, 0.1) is 0 Å². The summed E-state index contributed by atoms with van der Waals surface area (Å²) in [6, 6.07) is 6.95. The Morgan fingerprint density at radius 1 is 1.10 bits per heavy atom. The molecule has 0 saturated heterocycles. The molecule has 1 aromatic carbocycles. The molecule has 2 rings (SSSR count). The van der Waals surface area contributed by atoms with Gasteiger partial charge in [0.25, 0.3) is 0 Å². The minimum atomic E-state index is -0.952. The van der Waals surface area contributed by atoms with E-state index in [4.69, 9.17) is 5.11 Å². The van der Waals surface area contributed by atoms with Gasteiger partial charge in [0.1, 0.15) is 0 Å². The molecule has 4 N–H and O–H groups in total. The van der Waals surface area contributed by atoms with E-state index >= 15 is 0 Å². The Labute approximate surface area is 123 Å². The first kappa shape index (κ1) is 15.3. The standard InChI is InChI=1S/C15H21N3O3/c19-14(20)12-4-2-11(3-5-12)10-18-15(21)17-9-1-8-16-13-6-7-13/h2-5,13,16H,1,6-10H2,(H,19,20)(H2,17,18,21). The van der Waals surface area contributed by atoms with E-state index in [0.29, 0.717) is 19.1 Å². The minimum absolute atomic E-state index is 0.205. The van der Waals surface area contributed by atoms with Gasteiger partial charge in [0.05, 0.1) is 5.56 Å². The molecule has 0 aromatic heterocycles. The van der Waals surface area contributed by atoms with Gasteiger partial charge in [-0.2, -0.15) is 0 Å². The largest absolute Gasteiger partial charge is 0.478 e. The van der Waals surface area contributed by atoms with E-state index in [1.165, 1.54) is 25.0 Å². The highest BCUT2D eigenvalue weighted by Crippen LogP contribution is 2.18. The van der Waals surface area contributed by atoms with Crippen molar-refractivity contribution in [1.82, 2.24) is 16.0 Å². The van der Waals surface area contributed by atoms with Crippen LogP contribution in [0.25, 0.3) is 0 Å². The zero-order chi connectivity index (χ0) is 15.1. The molecule has 1 saturated carbocycles. The fourth-order valence-electron chi connectivity index (χ4n) is 1.89. The average molecular weight is 291 g/mol. The highest BCUT2D eigenvalue weighted by atomic mass is 16.4. The first-order valence-corrected chi connectivity index (χ1v) is 7.22. The number of carbonyl (C=O) groups excluding carboxylic acids is 1. The second-order valence-electron chi connectivity index (χ2n) is 5.19. The highest BCUT2D eigenvalue weighted by molar-refractivity contribution is 5.87. The molecule has 0 bridgehead atoms. The Morgan fingerprint density at radius 3 is 2.43 bits per heavy atom. The quantitative estimate of drug-likeness (QED) is 0.544. The van der Waals surface area contributed by atoms with E-state index < -0.39 is 5.97 Å². The second kappa shape index (κ2) is 7.64. The molecule has 21 heavy (non-hydrogen) atoms. The summed E-state index contributed by atoms with van der Waals surface area (Å²) in [5.74, 6) is -0.952. The monoisotopic (exact) mass is 291 g/mol. The summed E-state index contributed by atoms with van der Waals surface area (Å²) in [6.45, 7) is 1.96. The lowest BCUT2D eigenvalue weighted by atomic mass is 10.1. The first-order valence-electron chi connectivity index (χ1n) is 7.22. The van der Waals surface area contributed by atoms with E-state index in [9.17, 15) is 9.59 Å². The van der Waals surface area contributed by atoms with Crippen LogP contribution >= 0.6 is 0 Å². The summed E-state index contributed by atoms with van der Waals surface area (Å²) in [4.78, 5) is 22.3. The molecule has 0 radical (unpaired) electrons. The molecule has 0 heterocycles. The third-order valence-electron chi connectivity index (χ3n) is 3.30. The van der Waals surface area contributed by atoms with E-state index in [0.717, 1.165) is 18.5 Å². The van der Waals surface area contributed by atoms with Gasteiger partial charge < -0.3 is 21.1 Å². The summed E-state index contributed by atoms with van der Waals surface area (Å²) in [5, 5.41) is 17.7. The average Bonchev–Trinajstić information content (AvgIpc) is 3.29. The van der Waals surface area contributed by atoms with Gasteiger partial charge in [0.15, 0.2) is 0 Å². The van der Waals surface area contributed by atoms with Crippen LogP contribution in [0.5, 0.6) is 0 Å². The number of amides is 2. The van der Waals surface area contributed by atoms with Crippen molar-refractivity contribution >= 4 is 12.0 Å². The van der Waals surface area contributed by atoms with Crippen molar-refractivity contribution in [2.75, 3.05) is 13.1 Å². The SMILES string of the molecule is O=C(NCCCNC1CC1)NCc1ccc(C(=O)O)cc1. The third-order valence-corrected chi connectivity index (χ3v) is 3.30. The second-order valence-corrected chi connectivity index (χ2v) is 5.19. The van der Waals surface area contributed by atoms with Gasteiger partial charge in [-0.05, 0) is 43.5 Å². The van der Waals surface area contributed by atoms with Gasteiger partial charge in [-0.15, -0.1) is 0 Å². The Kier molecular flexibility index (Phi) is 5.57. The smallest absolute Gasteiger partial charge is 0.335 e. The predicted molar refractivity (Wildman–Crippen MR) is 79.3 cm³/mol. The molecule has 1 aliphatic rings. The summed E-state index contributed by atoms with van der Waals surface area (Å²) in [7, 11) is 0. The lowest BCUT2D eigenvalue weighted by molar-refractivity contribution is 0.0697. The fourth-order valence-corrected chi connectivity index (χ4v) is 1.89. The van der Waals surface area contributed by atoms with Crippen molar-refractivity contribution in [3.63, 3.8) is 0 Å². The van der Waals surface area contributed by atoms with Crippen molar-refractivity contribution in [3.05, 3.63) is 35.4 Å². The topological polar surface area (TPSA) is 90.5 Å². The van der Waals surface area contributed by atoms with Crippen molar-refractivity contribution in [2.24, 2.45) is 0 Å². The number of urea groups is 1. The van der Waals surface area contributed by atoms with Gasteiger partial charge >= 0.3 is 12.0 Å². The maximum absolute atomic E-state index is 11.6. The van der Waals surface area contributed by atoms with Crippen LogP contribution in [0.2, 0.25) is 0 Å². The van der Waals surface area contributed by atoms with Crippen molar-refractivity contribution in [2.45, 2.75) is 31.8 Å². The van der Waals surface area contributed by atoms with Crippen LogP contribution in [0.4, 0.5) is 4.79 Å². The number of hydrogen-bond donors (Lipinski definition) is 4. The van der Waals surface area contributed by atoms with Gasteiger partial charge in [0.2, 0.25) is 0 Å². The number of aromatic carboxylic acids is 1. The zero-order valence-corrected chi connectivity index (χ0v) is 11.9. The number of carboxylic acid groups (broad SMARTS) is 1. The Hall–Kier alpha value is -2.08. The molecule has 6 nitrogen and oxygen atoms in total. The molecule has 0 atom stereocenters. The molecule has 1 aliphatic carbocycles. The molecular formula is C15H21N3O3. The van der Waals surface area contributed by atoms with Crippen LogP contribution in [0.3, 0.4) is 0 Å². The highest BCUT2D eigenvalue weighted by Gasteiger charge is 2.19. The van der Waals surface area contributed by atoms with Crippen LogP contribution in [-0.2, 0) is 6.54 Å². The summed E-state index contributed by atoms with van der Waals surface area (Å²) < 4.78 is 0. The van der Waals surface area contributed by atoms with Crippen molar-refractivity contribution < 1.29 is 14.7 Å². The predicted octanol–water partition coefficient (Wildman–Crippen LogP) is 1.33. The van der Waals surface area contributed by atoms with Crippen molar-refractivity contribution in [1.29, 1.82) is 0 Å². The lowest BCUT2D eigenvalue weighted by Crippen LogP contribution is -2.36. The maximum Gasteiger partial charge on any atom is 0.335 e. The third kappa shape index (κ3) is 5.83. The molecular weight excluding hydrogens is 270 g/mol. The molecule has 0 aliphatic heterocycles. The van der Waals surface area contributed by atoms with E-state index in [1.807, 2.05) is 0 Å². The summed E-state index contributed by atoms with van der Waals surface area (Å²) >= 11 is 0.